The molecule has 0 amide bonds. The Labute approximate surface area is 888 Å². The van der Waals surface area contributed by atoms with Crippen LogP contribution in [0.2, 0.25) is 0 Å². The Kier molecular flexibility index (Phi) is 47.7. The number of allylic oxidation sites excluding steroid dienone is 14. The van der Waals surface area contributed by atoms with Crippen molar-refractivity contribution in [2.24, 2.45) is 0 Å². The van der Waals surface area contributed by atoms with Gasteiger partial charge < -0.3 is 28.8 Å². The van der Waals surface area contributed by atoms with Crippen molar-refractivity contribution in [3.63, 3.8) is 0 Å². The number of hydrogen-bond donors (Lipinski definition) is 6. The largest absolute Gasteiger partial charge is 0.748 e. The highest BCUT2D eigenvalue weighted by atomic mass is 127. The Morgan fingerprint density at radius 3 is 1.46 bits per heavy atom. The molecule has 0 aromatic heterocycles. The molecule has 4 aliphatic rings. The number of para-hydroxylation sites is 1. The number of hydrogen-bond acceptors (Lipinski definition) is 23. The molecular formula is C91H114I6N4O28S8. The summed E-state index contributed by atoms with van der Waals surface area (Å²) in [5, 5.41) is 16.5. The van der Waals surface area contributed by atoms with Gasteiger partial charge in [-0.1, -0.05) is 155 Å². The lowest BCUT2D eigenvalue weighted by atomic mass is 9.75. The quantitative estimate of drug-likeness (QED) is 0.00526. The maximum atomic E-state index is 13.0. The van der Waals surface area contributed by atoms with E-state index >= 15 is 0 Å². The van der Waals surface area contributed by atoms with E-state index in [9.17, 15) is 101 Å². The number of nitrogens with zero attached hydrogens (tertiary/aromatic N) is 4. The lowest BCUT2D eigenvalue weighted by Gasteiger charge is -2.31. The predicted octanol–water partition coefficient (Wildman–Crippen LogP) is 17.7. The maximum absolute atomic E-state index is 13.0. The molecule has 137 heavy (non-hydrogen) atoms. The third-order valence-electron chi connectivity index (χ3n) is 24.0. The Bertz CT molecular complexity index is 6530. The molecule has 756 valence electrons. The molecule has 0 saturated heterocycles. The standard InChI is InChI=1S/C42H53I3N2O14S4.C30H37NO6S2.C19H24I3NO5S.O3S/c1-4-16-36(65(59,60)61)47-32-21-20-29(64(56,57)58)27-30(32)41(2,22-13-14-25-62(50,51)52)35(47)18-10-7-5-6-9-17-34-42(3,23-12-8-11-19-37(48)49)38-33(28-31(43)39(44)40(38)45)46(34)24-15-26-63(53,54)55;1-30(22-12-14-24-38(32,33)34)27-19-10-11-20-28(27)31(23-13-15-25-39(35,36)37)29(30)21-9-4-2-3-6-16-26-17-7-5-8-18-26;1-12-19(2,8-5-3-4-7-15(24)25)16-14(11-13(20)17(21)18(16)22)23(12)9-6-10-29(26,27)28;1-4(2)3/h5-7,9-10,17-18,20-21,27-28,36H,4,8,11-16,19,22-26H2,1-3H3,(H4-,48,49,50,51,52,53,54,55,56,57,58,59,60,61);2-11,17-21H,12-16,22-25H2,1H3,(H-,32,33,34,35,36,37);11H,3-10H2,1-2H3,(H-,24,25,26,27,28);/b;4-2+,6-3+,21-9+;;. The first-order chi connectivity index (χ1) is 63.7. The van der Waals surface area contributed by atoms with Crippen molar-refractivity contribution in [2.75, 3.05) is 53.3 Å². The molecule has 0 saturated carbocycles. The summed E-state index contributed by atoms with van der Waals surface area (Å²) >= 11 is 14.0. The normalized spacial score (nSPS) is 19.1. The van der Waals surface area contributed by atoms with Gasteiger partial charge in [0.15, 0.2) is 17.1 Å². The zero-order chi connectivity index (χ0) is 103. The number of benzene rings is 5. The van der Waals surface area contributed by atoms with Crippen molar-refractivity contribution in [3.8, 4) is 0 Å². The SMILES string of the molecule is CC1(CCCCS(=O)(=O)O)C(/C=C/C=C/C=C/Cc2ccccc2)=[N+](CCCCS(=O)(=O)[O-])c2ccccc21.CC1=[N+](CCCS(=O)(=O)[O-])c2cc(I)c(I)c(I)c2C1(C)CCCCCC(=O)O.CCCC([N+]1=C(C=CC=CC=CC=C2N(CCCS(=O)(=O)O)c3cc(I)c(I)c(I)c3C2(C)CCCCCC(=O)O)C(C)(CCCCS(=O)(=O)O)c2cc(S(=O)(=O)[O-])ccc21)S(=O)(=O)O.O=S(=O)=O. The molecule has 32 nitrogen and oxygen atoms in total. The van der Waals surface area contributed by atoms with Crippen molar-refractivity contribution in [1.82, 2.24) is 0 Å². The second-order valence-electron chi connectivity index (χ2n) is 34.0. The average molecular weight is 2730 g/mol. The van der Waals surface area contributed by atoms with E-state index in [0.29, 0.717) is 76.6 Å². The highest BCUT2D eigenvalue weighted by molar-refractivity contribution is 14.1. The van der Waals surface area contributed by atoms with E-state index in [1.165, 1.54) is 35.0 Å². The van der Waals surface area contributed by atoms with Gasteiger partial charge in [0.2, 0.25) is 17.1 Å². The van der Waals surface area contributed by atoms with Crippen LogP contribution in [0.3, 0.4) is 0 Å². The molecular weight excluding hydrogens is 2610 g/mol. The van der Waals surface area contributed by atoms with Gasteiger partial charge in [-0.2, -0.15) is 47.4 Å². The second kappa shape index (κ2) is 54.0. The predicted molar refractivity (Wildman–Crippen MR) is 576 cm³/mol. The van der Waals surface area contributed by atoms with E-state index < -0.39 is 137 Å². The van der Waals surface area contributed by atoms with Gasteiger partial charge >= 0.3 is 32.7 Å². The van der Waals surface area contributed by atoms with Crippen molar-refractivity contribution >= 4 is 269 Å². The lowest BCUT2D eigenvalue weighted by Crippen LogP contribution is -2.37. The summed E-state index contributed by atoms with van der Waals surface area (Å²) in [5.41, 5.74) is 9.21. The molecule has 0 aliphatic carbocycles. The summed E-state index contributed by atoms with van der Waals surface area (Å²) in [5.74, 6) is -3.64. The Hall–Kier alpha value is -4.60. The number of halogens is 6. The minimum atomic E-state index is -4.96. The number of rotatable bonds is 49. The van der Waals surface area contributed by atoms with E-state index in [0.717, 1.165) is 97.8 Å². The fourth-order valence-corrected chi connectivity index (χ4v) is 27.0. The van der Waals surface area contributed by atoms with E-state index in [4.69, 9.17) is 22.3 Å². The van der Waals surface area contributed by atoms with Gasteiger partial charge in [-0.25, -0.2) is 25.3 Å². The Balaban J connectivity index is 0.000000337. The number of unbranched alkanes of at least 4 members (excludes halogenated alkanes) is 7. The van der Waals surface area contributed by atoms with Gasteiger partial charge in [0, 0.05) is 142 Å². The number of fused-ring (bicyclic) bond motifs is 4. The molecule has 5 unspecified atom stereocenters. The van der Waals surface area contributed by atoms with Gasteiger partial charge in [0.1, 0.15) is 23.2 Å². The minimum absolute atomic E-state index is 0.0155. The molecule has 46 heteroatoms. The van der Waals surface area contributed by atoms with E-state index in [1.807, 2.05) is 72.9 Å². The van der Waals surface area contributed by atoms with Crippen molar-refractivity contribution in [2.45, 2.75) is 221 Å². The van der Waals surface area contributed by atoms with Crippen LogP contribution in [0.15, 0.2) is 175 Å². The van der Waals surface area contributed by atoms with Crippen molar-refractivity contribution in [3.05, 3.63) is 219 Å². The smallest absolute Gasteiger partial charge is 0.425 e. The van der Waals surface area contributed by atoms with Crippen LogP contribution in [0, 0.1) is 21.4 Å². The fraction of sp³-hybridized carbons (Fsp3) is 0.462. The van der Waals surface area contributed by atoms with E-state index in [2.05, 4.69) is 220 Å². The molecule has 5 atom stereocenters. The zero-order valence-electron chi connectivity index (χ0n) is 76.1. The first-order valence-corrected chi connectivity index (χ1v) is 62.0. The van der Waals surface area contributed by atoms with Gasteiger partial charge in [-0.05, 0) is 270 Å². The highest BCUT2D eigenvalue weighted by Gasteiger charge is 2.54. The van der Waals surface area contributed by atoms with Crippen LogP contribution in [-0.4, -0.2) is 210 Å². The summed E-state index contributed by atoms with van der Waals surface area (Å²) in [6, 6.07) is 26.0. The topological polar surface area (TPSA) is 527 Å². The molecule has 5 aromatic rings. The number of aliphatic carboxylic acids is 2. The maximum Gasteiger partial charge on any atom is 0.425 e. The van der Waals surface area contributed by atoms with Gasteiger partial charge in [-0.3, -0.25) is 27.8 Å². The molecule has 6 N–H and O–H groups in total. The number of carbonyl (C=O) groups is 2. The molecule has 5 aromatic carbocycles. The van der Waals surface area contributed by atoms with Gasteiger partial charge in [0.25, 0.3) is 35.7 Å². The fourth-order valence-electron chi connectivity index (χ4n) is 17.5. The average Bonchev–Trinajstić information content (AvgIpc) is 1.59. The van der Waals surface area contributed by atoms with Crippen LogP contribution in [-0.2, 0) is 119 Å². The summed E-state index contributed by atoms with van der Waals surface area (Å²) in [6.45, 7) is 13.3. The molecule has 0 radical (unpaired) electrons. The molecule has 9 rings (SSSR count). The zero-order valence-corrected chi connectivity index (χ0v) is 95.6. The van der Waals surface area contributed by atoms with Crippen molar-refractivity contribution in [1.29, 1.82) is 0 Å². The van der Waals surface area contributed by atoms with Crippen molar-refractivity contribution < 1.29 is 137 Å². The first kappa shape index (κ1) is 121. The monoisotopic (exact) mass is 2730 g/mol. The van der Waals surface area contributed by atoms with Crippen LogP contribution in [0.4, 0.5) is 22.7 Å². The second-order valence-corrected chi connectivity index (χ2v) is 51.8. The summed E-state index contributed by atoms with van der Waals surface area (Å²) in [7, 11) is -33.9. The van der Waals surface area contributed by atoms with Crippen LogP contribution < -0.4 is 4.90 Å². The van der Waals surface area contributed by atoms with E-state index in [-0.39, 0.29) is 92.5 Å². The van der Waals surface area contributed by atoms with Crippen LogP contribution >= 0.6 is 136 Å². The number of carboxylic acids is 2. The molecule has 4 heterocycles. The Morgan fingerprint density at radius 2 is 0.927 bits per heavy atom. The van der Waals surface area contributed by atoms with Crippen LogP contribution in [0.1, 0.15) is 211 Å². The number of anilines is 1. The number of carboxylic acid groups (broad SMARTS) is 2. The third-order valence-corrected chi connectivity index (χ3v) is 40.2. The van der Waals surface area contributed by atoms with E-state index in [1.54, 1.807) is 44.2 Å². The van der Waals surface area contributed by atoms with Crippen LogP contribution in [0.25, 0.3) is 0 Å². The first-order valence-electron chi connectivity index (χ1n) is 43.6. The Morgan fingerprint density at radius 1 is 0.467 bits per heavy atom. The third kappa shape index (κ3) is 36.8. The highest BCUT2D eigenvalue weighted by Crippen LogP contribution is 2.55. The lowest BCUT2D eigenvalue weighted by molar-refractivity contribution is -0.458. The molecule has 0 spiro atoms. The molecule has 0 bridgehead atoms. The molecule has 0 fully saturated rings. The summed E-state index contributed by atoms with van der Waals surface area (Å²) in [6.07, 6.45) is 34.7. The summed E-state index contributed by atoms with van der Waals surface area (Å²) < 4.78 is 274. The summed E-state index contributed by atoms with van der Waals surface area (Å²) in [4.78, 5) is 23.5. The molecule has 4 aliphatic heterocycles. The van der Waals surface area contributed by atoms with Gasteiger partial charge in [-0.15, -0.1) is 12.6 Å². The van der Waals surface area contributed by atoms with Crippen LogP contribution in [0.5, 0.6) is 0 Å². The minimum Gasteiger partial charge on any atom is -0.748 e. The van der Waals surface area contributed by atoms with Gasteiger partial charge in [0.05, 0.1) is 64.2 Å².